The minimum Gasteiger partial charge on any atom is -0.481 e. The van der Waals surface area contributed by atoms with E-state index in [9.17, 15) is 4.79 Å². The Morgan fingerprint density at radius 2 is 2.38 bits per heavy atom. The van der Waals surface area contributed by atoms with Crippen molar-refractivity contribution in [2.45, 2.75) is 29.5 Å². The van der Waals surface area contributed by atoms with Crippen molar-refractivity contribution in [1.29, 1.82) is 0 Å². The second-order valence-electron chi connectivity index (χ2n) is 3.83. The number of fused-ring (bicyclic) bond motifs is 1. The monoisotopic (exact) mass is 257 g/mol. The smallest absolute Gasteiger partial charge is 0.304 e. The zero-order chi connectivity index (χ0) is 11.7. The highest BCUT2D eigenvalue weighted by Gasteiger charge is 2.27. The molecule has 1 heterocycles. The minimum atomic E-state index is -0.767. The molecule has 0 spiro atoms. The number of benzene rings is 1. The Balaban J connectivity index is 2.22. The molecule has 2 N–H and O–H groups in total. The van der Waals surface area contributed by atoms with Gasteiger partial charge in [-0.1, -0.05) is 11.6 Å². The third kappa shape index (κ3) is 2.44. The van der Waals surface area contributed by atoms with Gasteiger partial charge >= 0.3 is 5.97 Å². The van der Waals surface area contributed by atoms with Crippen LogP contribution in [0.25, 0.3) is 0 Å². The van der Waals surface area contributed by atoms with Gasteiger partial charge in [-0.3, -0.25) is 4.79 Å². The topological polar surface area (TPSA) is 49.3 Å². The molecular weight excluding hydrogens is 246 g/mol. The molecule has 0 radical (unpaired) electrons. The molecule has 0 saturated carbocycles. The number of rotatable bonds is 2. The molecule has 1 aliphatic rings. The summed E-state index contributed by atoms with van der Waals surface area (Å²) in [5.41, 5.74) is 1.03. The number of thioether (sulfide) groups is 1. The van der Waals surface area contributed by atoms with Gasteiger partial charge < -0.3 is 10.4 Å². The van der Waals surface area contributed by atoms with Gasteiger partial charge in [-0.05, 0) is 25.1 Å². The molecule has 1 aromatic rings. The Morgan fingerprint density at radius 1 is 1.62 bits per heavy atom. The first kappa shape index (κ1) is 11.6. The molecule has 5 heteroatoms. The lowest BCUT2D eigenvalue weighted by atomic mass is 10.1. The molecular formula is C11H12ClNO2S. The summed E-state index contributed by atoms with van der Waals surface area (Å²) in [5, 5.41) is 12.8. The van der Waals surface area contributed by atoms with Crippen molar-refractivity contribution in [1.82, 2.24) is 0 Å². The second kappa shape index (κ2) is 4.55. The summed E-state index contributed by atoms with van der Waals surface area (Å²) >= 11 is 7.49. The van der Waals surface area contributed by atoms with E-state index in [0.717, 1.165) is 10.6 Å². The lowest BCUT2D eigenvalue weighted by Gasteiger charge is -2.31. The van der Waals surface area contributed by atoms with Crippen molar-refractivity contribution >= 4 is 35.0 Å². The first-order valence-electron chi connectivity index (χ1n) is 5.01. The maximum Gasteiger partial charge on any atom is 0.304 e. The molecule has 2 atom stereocenters. The Hall–Kier alpha value is -0.870. The van der Waals surface area contributed by atoms with E-state index in [2.05, 4.69) is 5.32 Å². The van der Waals surface area contributed by atoms with Gasteiger partial charge in [0.2, 0.25) is 0 Å². The summed E-state index contributed by atoms with van der Waals surface area (Å²) < 4.78 is 0. The second-order valence-corrected chi connectivity index (χ2v) is 5.55. The van der Waals surface area contributed by atoms with Crippen LogP contribution in [-0.4, -0.2) is 22.4 Å². The summed E-state index contributed by atoms with van der Waals surface area (Å²) in [4.78, 5) is 11.7. The number of hydrogen-bond acceptors (Lipinski definition) is 3. The van der Waals surface area contributed by atoms with Crippen molar-refractivity contribution in [3.8, 4) is 0 Å². The average Bonchev–Trinajstić information content (AvgIpc) is 2.19. The molecule has 0 saturated heterocycles. The minimum absolute atomic E-state index is 0.0449. The molecule has 0 amide bonds. The fourth-order valence-electron chi connectivity index (χ4n) is 1.71. The highest BCUT2D eigenvalue weighted by atomic mass is 35.5. The van der Waals surface area contributed by atoms with Crippen LogP contribution in [0.5, 0.6) is 0 Å². The molecule has 0 fully saturated rings. The molecule has 0 bridgehead atoms. The van der Waals surface area contributed by atoms with E-state index >= 15 is 0 Å². The number of nitrogens with one attached hydrogen (secondary N) is 1. The van der Waals surface area contributed by atoms with Crippen LogP contribution in [0.4, 0.5) is 5.69 Å². The van der Waals surface area contributed by atoms with Crippen LogP contribution in [0, 0.1) is 0 Å². The van der Waals surface area contributed by atoms with Crippen LogP contribution in [0.3, 0.4) is 0 Å². The van der Waals surface area contributed by atoms with E-state index in [1.807, 2.05) is 25.1 Å². The standard InChI is InChI=1S/C11H12ClNO2S/c1-6-9(5-11(14)15)16-10-4-7(12)2-3-8(10)13-6/h2-4,6,9,13H,5H2,1H3,(H,14,15). The maximum atomic E-state index is 10.7. The number of carboxylic acids is 1. The maximum absolute atomic E-state index is 10.7. The molecule has 2 rings (SSSR count). The Bertz CT molecular complexity index is 424. The van der Waals surface area contributed by atoms with Crippen molar-refractivity contribution < 1.29 is 9.90 Å². The highest BCUT2D eigenvalue weighted by molar-refractivity contribution is 8.00. The van der Waals surface area contributed by atoms with E-state index in [1.165, 1.54) is 0 Å². The van der Waals surface area contributed by atoms with Crippen molar-refractivity contribution in [2.24, 2.45) is 0 Å². The zero-order valence-corrected chi connectivity index (χ0v) is 10.3. The van der Waals surface area contributed by atoms with Gasteiger partial charge in [0.1, 0.15) is 0 Å². The quantitative estimate of drug-likeness (QED) is 0.855. The van der Waals surface area contributed by atoms with Crippen LogP contribution >= 0.6 is 23.4 Å². The van der Waals surface area contributed by atoms with Crippen molar-refractivity contribution in [3.63, 3.8) is 0 Å². The molecule has 0 aliphatic carbocycles. The van der Waals surface area contributed by atoms with Crippen LogP contribution in [0.15, 0.2) is 23.1 Å². The number of anilines is 1. The summed E-state index contributed by atoms with van der Waals surface area (Å²) in [5.74, 6) is -0.767. The summed E-state index contributed by atoms with van der Waals surface area (Å²) in [6, 6.07) is 5.78. The lowest BCUT2D eigenvalue weighted by Crippen LogP contribution is -2.33. The highest BCUT2D eigenvalue weighted by Crippen LogP contribution is 2.40. The fraction of sp³-hybridized carbons (Fsp3) is 0.364. The fourth-order valence-corrected chi connectivity index (χ4v) is 3.22. The van der Waals surface area contributed by atoms with Gasteiger partial charge in [0.25, 0.3) is 0 Å². The normalized spacial score (nSPS) is 23.4. The molecule has 3 nitrogen and oxygen atoms in total. The van der Waals surface area contributed by atoms with E-state index in [1.54, 1.807) is 11.8 Å². The van der Waals surface area contributed by atoms with Crippen LogP contribution < -0.4 is 5.32 Å². The van der Waals surface area contributed by atoms with Gasteiger partial charge in [0.05, 0.1) is 6.42 Å². The SMILES string of the molecule is CC1Nc2ccc(Cl)cc2SC1CC(=O)O. The van der Waals surface area contributed by atoms with E-state index in [-0.39, 0.29) is 17.7 Å². The van der Waals surface area contributed by atoms with E-state index in [4.69, 9.17) is 16.7 Å². The predicted octanol–water partition coefficient (Wildman–Crippen LogP) is 3.09. The van der Waals surface area contributed by atoms with Gasteiger partial charge in [0.15, 0.2) is 0 Å². The average molecular weight is 258 g/mol. The molecule has 16 heavy (non-hydrogen) atoms. The summed E-state index contributed by atoms with van der Waals surface area (Å²) in [6.45, 7) is 2.00. The van der Waals surface area contributed by atoms with Crippen molar-refractivity contribution in [3.05, 3.63) is 23.2 Å². The number of aliphatic carboxylic acids is 1. The Morgan fingerprint density at radius 3 is 3.06 bits per heavy atom. The first-order chi connectivity index (χ1) is 7.56. The number of hydrogen-bond donors (Lipinski definition) is 2. The molecule has 1 aromatic carbocycles. The van der Waals surface area contributed by atoms with Crippen LogP contribution in [-0.2, 0) is 4.79 Å². The van der Waals surface area contributed by atoms with Crippen LogP contribution in [0.1, 0.15) is 13.3 Å². The van der Waals surface area contributed by atoms with E-state index < -0.39 is 5.97 Å². The van der Waals surface area contributed by atoms with Crippen molar-refractivity contribution in [2.75, 3.05) is 5.32 Å². The summed E-state index contributed by atoms with van der Waals surface area (Å²) in [7, 11) is 0. The number of carbonyl (C=O) groups is 1. The number of carboxylic acid groups (broad SMARTS) is 1. The third-order valence-electron chi connectivity index (χ3n) is 2.54. The van der Waals surface area contributed by atoms with Crippen LogP contribution in [0.2, 0.25) is 5.02 Å². The third-order valence-corrected chi connectivity index (χ3v) is 4.24. The Labute approximate surface area is 103 Å². The Kier molecular flexibility index (Phi) is 3.30. The van der Waals surface area contributed by atoms with Gasteiger partial charge in [-0.25, -0.2) is 0 Å². The largest absolute Gasteiger partial charge is 0.481 e. The lowest BCUT2D eigenvalue weighted by molar-refractivity contribution is -0.137. The molecule has 1 aliphatic heterocycles. The van der Waals surface area contributed by atoms with Gasteiger partial charge in [-0.2, -0.15) is 0 Å². The molecule has 86 valence electrons. The first-order valence-corrected chi connectivity index (χ1v) is 6.26. The molecule has 2 unspecified atom stereocenters. The number of halogens is 1. The molecule has 0 aromatic heterocycles. The van der Waals surface area contributed by atoms with Gasteiger partial charge in [-0.15, -0.1) is 11.8 Å². The van der Waals surface area contributed by atoms with E-state index in [0.29, 0.717) is 5.02 Å². The zero-order valence-electron chi connectivity index (χ0n) is 8.74. The van der Waals surface area contributed by atoms with Gasteiger partial charge in [0, 0.05) is 26.9 Å². The summed E-state index contributed by atoms with van der Waals surface area (Å²) in [6.07, 6.45) is 0.158. The predicted molar refractivity (Wildman–Crippen MR) is 66.4 cm³/mol.